The number of halogens is 1. The largest absolute Gasteiger partial charge is 0.508 e. The predicted molar refractivity (Wildman–Crippen MR) is 123 cm³/mol. The quantitative estimate of drug-likeness (QED) is 0.162. The van der Waals surface area contributed by atoms with Crippen LogP contribution in [0.25, 0.3) is 0 Å². The maximum Gasteiger partial charge on any atom is 0.414 e. The molecule has 0 unspecified atom stereocenters. The van der Waals surface area contributed by atoms with E-state index in [0.29, 0.717) is 18.4 Å². The Morgan fingerprint density at radius 2 is 1.88 bits per heavy atom. The van der Waals surface area contributed by atoms with Gasteiger partial charge in [0.05, 0.1) is 6.10 Å². The SMILES string of the molecule is CO[C@@H](CC/C=C/C(=O)NO)[C@@H](OC(=O)NC(=O)c1ccccc1)c1cc(I)ccc1O. The van der Waals surface area contributed by atoms with Gasteiger partial charge in [-0.05, 0) is 65.8 Å². The minimum Gasteiger partial charge on any atom is -0.508 e. The zero-order valence-corrected chi connectivity index (χ0v) is 19.3. The number of alkyl carbamates (subject to hydrolysis) is 1. The van der Waals surface area contributed by atoms with E-state index >= 15 is 0 Å². The number of hydroxylamine groups is 1. The highest BCUT2D eigenvalue weighted by atomic mass is 127. The van der Waals surface area contributed by atoms with E-state index in [0.717, 1.165) is 9.65 Å². The van der Waals surface area contributed by atoms with Crippen LogP contribution in [0.2, 0.25) is 0 Å². The predicted octanol–water partition coefficient (Wildman–Crippen LogP) is 3.46. The molecule has 0 fully saturated rings. The van der Waals surface area contributed by atoms with Crippen molar-refractivity contribution in [1.29, 1.82) is 0 Å². The first-order valence-corrected chi connectivity index (χ1v) is 10.6. The highest BCUT2D eigenvalue weighted by molar-refractivity contribution is 14.1. The molecule has 0 radical (unpaired) electrons. The van der Waals surface area contributed by atoms with Crippen LogP contribution in [-0.2, 0) is 14.3 Å². The molecule has 0 spiro atoms. The Bertz CT molecular complexity index is 966. The lowest BCUT2D eigenvalue weighted by molar-refractivity contribution is -0.124. The maximum atomic E-state index is 12.5. The number of carbonyl (C=O) groups is 3. The van der Waals surface area contributed by atoms with E-state index in [-0.39, 0.29) is 11.3 Å². The van der Waals surface area contributed by atoms with Gasteiger partial charge in [-0.25, -0.2) is 10.3 Å². The van der Waals surface area contributed by atoms with Crippen molar-refractivity contribution in [2.45, 2.75) is 25.0 Å². The Morgan fingerprint density at radius 1 is 1.16 bits per heavy atom. The number of methoxy groups -OCH3 is 1. The summed E-state index contributed by atoms with van der Waals surface area (Å²) in [6, 6.07) is 13.0. The summed E-state index contributed by atoms with van der Waals surface area (Å²) < 4.78 is 11.8. The molecule has 0 aromatic heterocycles. The number of allylic oxidation sites excluding steroid dienone is 1. The molecule has 3 amide bonds. The highest BCUT2D eigenvalue weighted by Gasteiger charge is 2.30. The van der Waals surface area contributed by atoms with Gasteiger partial charge in [-0.1, -0.05) is 24.3 Å². The average Bonchev–Trinajstić information content (AvgIpc) is 2.80. The van der Waals surface area contributed by atoms with Crippen molar-refractivity contribution >= 4 is 40.5 Å². The molecule has 2 aromatic carbocycles. The second-order valence-electron chi connectivity index (χ2n) is 6.58. The number of phenols is 1. The third-order valence-electron chi connectivity index (χ3n) is 4.42. The van der Waals surface area contributed by atoms with Gasteiger partial charge in [-0.2, -0.15) is 0 Å². The number of hydrogen-bond donors (Lipinski definition) is 4. The molecule has 2 aromatic rings. The molecule has 0 heterocycles. The number of phenolic OH excluding ortho intramolecular Hbond substituents is 1. The molecule has 32 heavy (non-hydrogen) atoms. The van der Waals surface area contributed by atoms with E-state index in [4.69, 9.17) is 14.7 Å². The van der Waals surface area contributed by atoms with Gasteiger partial charge in [-0.3, -0.25) is 20.1 Å². The lowest BCUT2D eigenvalue weighted by atomic mass is 9.99. The van der Waals surface area contributed by atoms with Gasteiger partial charge < -0.3 is 14.6 Å². The Hall–Kier alpha value is -2.96. The molecular weight excluding hydrogens is 531 g/mol. The van der Waals surface area contributed by atoms with E-state index in [1.807, 2.05) is 0 Å². The molecule has 9 nitrogen and oxygen atoms in total. The Kier molecular flexibility index (Phi) is 10.1. The van der Waals surface area contributed by atoms with E-state index in [9.17, 15) is 19.5 Å². The normalized spacial score (nSPS) is 12.7. The van der Waals surface area contributed by atoms with Crippen LogP contribution in [0, 0.1) is 3.57 Å². The van der Waals surface area contributed by atoms with Gasteiger partial charge in [0.25, 0.3) is 11.8 Å². The molecule has 10 heteroatoms. The minimum absolute atomic E-state index is 0.102. The van der Waals surface area contributed by atoms with E-state index in [1.54, 1.807) is 42.5 Å². The number of benzene rings is 2. The molecule has 170 valence electrons. The van der Waals surface area contributed by atoms with Crippen molar-refractivity contribution in [3.05, 3.63) is 75.4 Å². The molecule has 0 saturated heterocycles. The first-order valence-electron chi connectivity index (χ1n) is 9.54. The fourth-order valence-electron chi connectivity index (χ4n) is 2.87. The van der Waals surface area contributed by atoms with Crippen molar-refractivity contribution in [2.24, 2.45) is 0 Å². The summed E-state index contributed by atoms with van der Waals surface area (Å²) in [5.74, 6) is -1.41. The van der Waals surface area contributed by atoms with Crippen LogP contribution in [0.4, 0.5) is 4.79 Å². The topological polar surface area (TPSA) is 134 Å². The van der Waals surface area contributed by atoms with Gasteiger partial charge >= 0.3 is 6.09 Å². The number of ether oxygens (including phenoxy) is 2. The van der Waals surface area contributed by atoms with Crippen LogP contribution in [0.15, 0.2) is 60.7 Å². The van der Waals surface area contributed by atoms with Gasteiger partial charge in [0.2, 0.25) is 0 Å². The number of aromatic hydroxyl groups is 1. The third kappa shape index (κ3) is 7.62. The van der Waals surface area contributed by atoms with Crippen molar-refractivity contribution in [3.63, 3.8) is 0 Å². The van der Waals surface area contributed by atoms with Gasteiger partial charge in [0, 0.05) is 27.9 Å². The van der Waals surface area contributed by atoms with E-state index in [2.05, 4.69) is 27.9 Å². The molecule has 0 saturated carbocycles. The summed E-state index contributed by atoms with van der Waals surface area (Å²) in [4.78, 5) is 35.9. The molecule has 0 aliphatic rings. The molecule has 0 aliphatic heterocycles. The van der Waals surface area contributed by atoms with Crippen molar-refractivity contribution in [2.75, 3.05) is 7.11 Å². The van der Waals surface area contributed by atoms with Crippen molar-refractivity contribution in [3.8, 4) is 5.75 Å². The zero-order valence-electron chi connectivity index (χ0n) is 17.2. The summed E-state index contributed by atoms with van der Waals surface area (Å²) in [6.07, 6.45) is 0.567. The van der Waals surface area contributed by atoms with Crippen LogP contribution in [0.1, 0.15) is 34.9 Å². The fraction of sp³-hybridized carbons (Fsp3) is 0.227. The Labute approximate surface area is 198 Å². The molecule has 2 atom stereocenters. The van der Waals surface area contributed by atoms with Crippen LogP contribution in [0.5, 0.6) is 5.75 Å². The standard InChI is InChI=1S/C22H23IN2O7/c1-31-18(9-5-6-10-19(27)25-30)20(16-13-15(23)11-12-17(16)26)32-22(29)24-21(28)14-7-3-2-4-8-14/h2-4,6-8,10-13,18,20,26,30H,5,9H2,1H3,(H,25,27)(H,24,28,29)/b10-6+/t18-,20-/m0/s1. The summed E-state index contributed by atoms with van der Waals surface area (Å²) >= 11 is 2.06. The van der Waals surface area contributed by atoms with Gasteiger partial charge in [0.15, 0.2) is 6.10 Å². The first kappa shape index (κ1) is 25.3. The number of rotatable bonds is 9. The summed E-state index contributed by atoms with van der Waals surface area (Å²) in [6.45, 7) is 0. The first-order chi connectivity index (χ1) is 15.3. The molecule has 4 N–H and O–H groups in total. The van der Waals surface area contributed by atoms with E-state index in [1.165, 1.54) is 24.7 Å². The lowest BCUT2D eigenvalue weighted by Crippen LogP contribution is -2.35. The molecule has 0 bridgehead atoms. The molecular formula is C22H23IN2O7. The molecule has 0 aliphatic carbocycles. The van der Waals surface area contributed by atoms with Crippen LogP contribution in [-0.4, -0.2) is 41.4 Å². The number of imide groups is 1. The third-order valence-corrected chi connectivity index (χ3v) is 5.09. The summed E-state index contributed by atoms with van der Waals surface area (Å²) in [5, 5.41) is 21.1. The second-order valence-corrected chi connectivity index (χ2v) is 7.82. The zero-order chi connectivity index (χ0) is 23.5. The Morgan fingerprint density at radius 3 is 2.53 bits per heavy atom. The summed E-state index contributed by atoms with van der Waals surface area (Å²) in [5.41, 5.74) is 2.08. The highest BCUT2D eigenvalue weighted by Crippen LogP contribution is 2.33. The maximum absolute atomic E-state index is 12.5. The van der Waals surface area contributed by atoms with Crippen molar-refractivity contribution < 1.29 is 34.2 Å². The summed E-state index contributed by atoms with van der Waals surface area (Å²) in [7, 11) is 1.42. The van der Waals surface area contributed by atoms with Gasteiger partial charge in [0.1, 0.15) is 5.75 Å². The molecule has 2 rings (SSSR count). The van der Waals surface area contributed by atoms with E-state index < -0.39 is 30.1 Å². The number of carbonyl (C=O) groups excluding carboxylic acids is 3. The number of nitrogens with one attached hydrogen (secondary N) is 2. The van der Waals surface area contributed by atoms with Crippen LogP contribution >= 0.6 is 22.6 Å². The minimum atomic E-state index is -1.04. The van der Waals surface area contributed by atoms with Crippen LogP contribution in [0.3, 0.4) is 0 Å². The Balaban J connectivity index is 2.20. The lowest BCUT2D eigenvalue weighted by Gasteiger charge is -2.27. The number of amides is 3. The smallest absolute Gasteiger partial charge is 0.414 e. The van der Waals surface area contributed by atoms with Gasteiger partial charge in [-0.15, -0.1) is 0 Å². The van der Waals surface area contributed by atoms with Crippen LogP contribution < -0.4 is 10.8 Å². The van der Waals surface area contributed by atoms with Crippen molar-refractivity contribution in [1.82, 2.24) is 10.8 Å². The monoisotopic (exact) mass is 554 g/mol. The fourth-order valence-corrected chi connectivity index (χ4v) is 3.39. The average molecular weight is 554 g/mol. The number of hydrogen-bond acceptors (Lipinski definition) is 7. The second kappa shape index (κ2) is 12.8.